The maximum Gasteiger partial charge on any atom is 0.337 e. The van der Waals surface area contributed by atoms with Gasteiger partial charge in [0, 0.05) is 11.6 Å². The number of carbonyl (C=O) groups is 3. The Morgan fingerprint density at radius 3 is 2.22 bits per heavy atom. The second kappa shape index (κ2) is 11.9. The molecule has 41 heavy (non-hydrogen) atoms. The van der Waals surface area contributed by atoms with E-state index in [4.69, 9.17) is 28.3 Å². The first-order chi connectivity index (χ1) is 19.2. The van der Waals surface area contributed by atoms with Crippen molar-refractivity contribution in [1.29, 1.82) is 0 Å². The number of esters is 1. The summed E-state index contributed by atoms with van der Waals surface area (Å²) in [7, 11) is -7.20. The number of nitrogens with zero attached hydrogens (tertiary/aromatic N) is 2. The number of anilines is 1. The number of hydrogen-bond donors (Lipinski definition) is 1. The summed E-state index contributed by atoms with van der Waals surface area (Å²) in [6.45, 7) is -0.265. The normalized spacial score (nSPS) is 15.9. The molecule has 216 valence electrons. The summed E-state index contributed by atoms with van der Waals surface area (Å²) in [5, 5.41) is 5.10. The highest BCUT2D eigenvalue weighted by atomic mass is 35.5. The highest BCUT2D eigenvalue weighted by Gasteiger charge is 2.47. The van der Waals surface area contributed by atoms with Crippen LogP contribution in [0.2, 0.25) is 10.0 Å². The summed E-state index contributed by atoms with van der Waals surface area (Å²) in [6.07, 6.45) is -0.409. The van der Waals surface area contributed by atoms with Crippen LogP contribution in [-0.2, 0) is 40.8 Å². The van der Waals surface area contributed by atoms with Gasteiger partial charge in [-0.3, -0.25) is 9.59 Å². The molecule has 0 aromatic heterocycles. The molecule has 0 radical (unpaired) electrons. The molecule has 0 saturated carbocycles. The van der Waals surface area contributed by atoms with Crippen molar-refractivity contribution in [3.63, 3.8) is 0 Å². The number of ether oxygens (including phenoxy) is 1. The topological polar surface area (TPSA) is 161 Å². The number of imide groups is 1. The van der Waals surface area contributed by atoms with Crippen molar-refractivity contribution < 1.29 is 36.0 Å². The van der Waals surface area contributed by atoms with Crippen molar-refractivity contribution in [2.75, 3.05) is 18.6 Å². The van der Waals surface area contributed by atoms with E-state index in [9.17, 15) is 31.2 Å². The first kappa shape index (κ1) is 30.6. The second-order valence-electron chi connectivity index (χ2n) is 8.96. The Hall–Kier alpha value is -3.33. The van der Waals surface area contributed by atoms with E-state index in [0.717, 1.165) is 15.3 Å². The molecule has 4 rings (SSSR count). The van der Waals surface area contributed by atoms with Gasteiger partial charge in [-0.25, -0.2) is 31.7 Å². The minimum Gasteiger partial charge on any atom is -0.465 e. The number of benzene rings is 3. The van der Waals surface area contributed by atoms with Crippen LogP contribution in [0.5, 0.6) is 0 Å². The second-order valence-corrected chi connectivity index (χ2v) is 13.2. The van der Waals surface area contributed by atoms with Gasteiger partial charge in [0.15, 0.2) is 0 Å². The Morgan fingerprint density at radius 2 is 1.63 bits per heavy atom. The van der Waals surface area contributed by atoms with Crippen molar-refractivity contribution in [3.8, 4) is 0 Å². The minimum absolute atomic E-state index is 0.0497. The maximum absolute atomic E-state index is 13.9. The van der Waals surface area contributed by atoms with Gasteiger partial charge in [-0.05, 0) is 66.6 Å². The molecule has 2 N–H and O–H groups in total. The van der Waals surface area contributed by atoms with Gasteiger partial charge in [-0.15, -0.1) is 0 Å². The zero-order valence-corrected chi connectivity index (χ0v) is 24.5. The zero-order chi connectivity index (χ0) is 30.1. The fourth-order valence-corrected chi connectivity index (χ4v) is 7.14. The smallest absolute Gasteiger partial charge is 0.337 e. The SMILES string of the molecule is COC(=O)c1ccc(N2C(=O)CC(N(CCc3ccc(S(N)(=O)=O)cc3)S(=O)(=O)c3cc(Cl)ccc3Cl)C2=O)cc1. The van der Waals surface area contributed by atoms with E-state index in [1.165, 1.54) is 67.8 Å². The number of carbonyl (C=O) groups excluding carboxylic acids is 3. The standard InChI is InChI=1S/C26H23Cl2N3O8S2/c1-39-26(34)17-4-7-19(8-5-17)31-24(32)15-22(25(31)33)30(41(37,38)23-14-18(27)6-11-21(23)28)13-12-16-2-9-20(10-3-16)40(29,35)36/h2-11,14,22H,12-13,15H2,1H3,(H2,29,35,36). The lowest BCUT2D eigenvalue weighted by atomic mass is 10.1. The van der Waals surface area contributed by atoms with Gasteiger partial charge in [0.05, 0.1) is 34.7 Å². The van der Waals surface area contributed by atoms with E-state index >= 15 is 0 Å². The molecule has 0 bridgehead atoms. The summed E-state index contributed by atoms with van der Waals surface area (Å²) < 4.78 is 56.5. The summed E-state index contributed by atoms with van der Waals surface area (Å²) in [5.74, 6) is -2.06. The van der Waals surface area contributed by atoms with Gasteiger partial charge in [-0.1, -0.05) is 35.3 Å². The Kier molecular flexibility index (Phi) is 8.87. The lowest BCUT2D eigenvalue weighted by molar-refractivity contribution is -0.122. The van der Waals surface area contributed by atoms with Crippen LogP contribution in [0.15, 0.2) is 76.5 Å². The third kappa shape index (κ3) is 6.45. The average Bonchev–Trinajstić information content (AvgIpc) is 3.22. The number of nitrogens with two attached hydrogens (primary N) is 1. The predicted octanol–water partition coefficient (Wildman–Crippen LogP) is 2.99. The zero-order valence-electron chi connectivity index (χ0n) is 21.4. The van der Waals surface area contributed by atoms with Crippen LogP contribution in [0.3, 0.4) is 0 Å². The lowest BCUT2D eigenvalue weighted by Gasteiger charge is -2.27. The molecule has 0 spiro atoms. The molecule has 1 heterocycles. The van der Waals surface area contributed by atoms with E-state index in [0.29, 0.717) is 5.56 Å². The molecule has 11 nitrogen and oxygen atoms in total. The van der Waals surface area contributed by atoms with Crippen LogP contribution in [0.4, 0.5) is 5.69 Å². The minimum atomic E-state index is -4.48. The monoisotopic (exact) mass is 639 g/mol. The van der Waals surface area contributed by atoms with Crippen LogP contribution in [-0.4, -0.2) is 58.6 Å². The van der Waals surface area contributed by atoms with E-state index in [1.807, 2.05) is 0 Å². The molecule has 1 fully saturated rings. The number of sulfonamides is 2. The van der Waals surface area contributed by atoms with Gasteiger partial charge in [0.2, 0.25) is 26.0 Å². The quantitative estimate of drug-likeness (QED) is 0.276. The Labute approximate surface area is 246 Å². The van der Waals surface area contributed by atoms with Crippen LogP contribution in [0.25, 0.3) is 0 Å². The van der Waals surface area contributed by atoms with Gasteiger partial charge < -0.3 is 4.74 Å². The number of primary sulfonamides is 1. The summed E-state index contributed by atoms with van der Waals surface area (Å²) in [4.78, 5) is 38.8. The number of halogens is 2. The molecule has 0 aliphatic carbocycles. The van der Waals surface area contributed by atoms with E-state index in [-0.39, 0.29) is 44.1 Å². The van der Waals surface area contributed by atoms with Gasteiger partial charge >= 0.3 is 5.97 Å². The highest BCUT2D eigenvalue weighted by molar-refractivity contribution is 7.89. The number of rotatable bonds is 9. The molecule has 1 aliphatic heterocycles. The Balaban J connectivity index is 1.70. The molecule has 1 saturated heterocycles. The molecule has 1 atom stereocenters. The third-order valence-corrected chi connectivity index (χ3v) is 9.92. The lowest BCUT2D eigenvalue weighted by Crippen LogP contribution is -2.46. The average molecular weight is 641 g/mol. The van der Waals surface area contributed by atoms with E-state index < -0.39 is 50.3 Å². The maximum atomic E-state index is 13.9. The number of amides is 2. The highest BCUT2D eigenvalue weighted by Crippen LogP contribution is 2.33. The molecule has 2 amide bonds. The molecule has 3 aromatic rings. The van der Waals surface area contributed by atoms with Gasteiger partial charge in [-0.2, -0.15) is 4.31 Å². The van der Waals surface area contributed by atoms with Crippen LogP contribution >= 0.6 is 23.2 Å². The molecule has 15 heteroatoms. The fraction of sp³-hybridized carbons (Fsp3) is 0.192. The van der Waals surface area contributed by atoms with E-state index in [2.05, 4.69) is 4.74 Å². The van der Waals surface area contributed by atoms with Crippen molar-refractivity contribution in [2.45, 2.75) is 28.7 Å². The number of methoxy groups -OCH3 is 1. The first-order valence-electron chi connectivity index (χ1n) is 11.9. The molecule has 3 aromatic carbocycles. The van der Waals surface area contributed by atoms with Crippen molar-refractivity contribution in [2.24, 2.45) is 5.14 Å². The Morgan fingerprint density at radius 1 is 1.00 bits per heavy atom. The molecular weight excluding hydrogens is 617 g/mol. The number of hydrogen-bond acceptors (Lipinski definition) is 8. The summed E-state index contributed by atoms with van der Waals surface area (Å²) >= 11 is 12.3. The van der Waals surface area contributed by atoms with Gasteiger partial charge in [0.25, 0.3) is 5.91 Å². The summed E-state index contributed by atoms with van der Waals surface area (Å²) in [6, 6.07) is 13.4. The van der Waals surface area contributed by atoms with Crippen molar-refractivity contribution in [1.82, 2.24) is 4.31 Å². The third-order valence-electron chi connectivity index (χ3n) is 6.37. The van der Waals surface area contributed by atoms with Crippen LogP contribution in [0.1, 0.15) is 22.3 Å². The largest absolute Gasteiger partial charge is 0.465 e. The van der Waals surface area contributed by atoms with Crippen molar-refractivity contribution >= 4 is 66.7 Å². The summed E-state index contributed by atoms with van der Waals surface area (Å²) in [5.41, 5.74) is 0.883. The molecular formula is C26H23Cl2N3O8S2. The fourth-order valence-electron chi connectivity index (χ4n) is 4.31. The van der Waals surface area contributed by atoms with Crippen molar-refractivity contribution in [3.05, 3.63) is 87.9 Å². The van der Waals surface area contributed by atoms with E-state index in [1.54, 1.807) is 0 Å². The Bertz CT molecular complexity index is 1730. The first-order valence-corrected chi connectivity index (χ1v) is 15.6. The predicted molar refractivity (Wildman–Crippen MR) is 151 cm³/mol. The molecule has 1 unspecified atom stereocenters. The molecule has 1 aliphatic rings. The van der Waals surface area contributed by atoms with Crippen LogP contribution in [0, 0.1) is 0 Å². The van der Waals surface area contributed by atoms with Crippen LogP contribution < -0.4 is 10.0 Å². The van der Waals surface area contributed by atoms with Gasteiger partial charge in [0.1, 0.15) is 10.9 Å².